The fourth-order valence-corrected chi connectivity index (χ4v) is 2.65. The lowest BCUT2D eigenvalue weighted by Crippen LogP contribution is -2.37. The van der Waals surface area contributed by atoms with Crippen LogP contribution in [0.2, 0.25) is 5.02 Å². The van der Waals surface area contributed by atoms with Crippen molar-refractivity contribution in [1.82, 2.24) is 4.90 Å². The number of amides is 2. The minimum Gasteiger partial charge on any atom is -0.481 e. The highest BCUT2D eigenvalue weighted by molar-refractivity contribution is 6.33. The Morgan fingerprint density at radius 2 is 1.95 bits per heavy atom. The van der Waals surface area contributed by atoms with Gasteiger partial charge in [0.2, 0.25) is 0 Å². The second-order valence-electron chi connectivity index (χ2n) is 5.88. The van der Waals surface area contributed by atoms with Gasteiger partial charge in [0.1, 0.15) is 0 Å². The Morgan fingerprint density at radius 3 is 2.52 bits per heavy atom. The van der Waals surface area contributed by atoms with Gasteiger partial charge in [-0.3, -0.25) is 4.79 Å². The number of hydrogen-bond acceptors (Lipinski definition) is 2. The van der Waals surface area contributed by atoms with E-state index < -0.39 is 11.4 Å². The van der Waals surface area contributed by atoms with E-state index in [0.29, 0.717) is 23.7 Å². The minimum atomic E-state index is -0.873. The Morgan fingerprint density at radius 1 is 1.33 bits per heavy atom. The molecule has 1 unspecified atom stereocenters. The maximum atomic E-state index is 12.2. The fourth-order valence-electron chi connectivity index (χ4n) is 2.38. The summed E-state index contributed by atoms with van der Waals surface area (Å²) in [4.78, 5) is 25.0. The lowest BCUT2D eigenvalue weighted by molar-refractivity contribution is -0.146. The molecule has 0 bridgehead atoms. The number of halogens is 1. The zero-order chi connectivity index (χ0) is 15.8. The summed E-state index contributed by atoms with van der Waals surface area (Å²) in [7, 11) is 0. The van der Waals surface area contributed by atoms with Crippen LogP contribution in [0.5, 0.6) is 0 Å². The third kappa shape index (κ3) is 3.13. The van der Waals surface area contributed by atoms with E-state index in [-0.39, 0.29) is 12.6 Å². The van der Waals surface area contributed by atoms with Gasteiger partial charge in [-0.1, -0.05) is 11.6 Å². The molecule has 2 N–H and O–H groups in total. The number of benzene rings is 1. The number of aliphatic carboxylic acids is 1. The van der Waals surface area contributed by atoms with Gasteiger partial charge in [0, 0.05) is 13.1 Å². The van der Waals surface area contributed by atoms with Gasteiger partial charge in [-0.2, -0.15) is 0 Å². The molecular weight excluding hydrogens is 292 g/mol. The number of nitrogens with one attached hydrogen (secondary N) is 1. The van der Waals surface area contributed by atoms with Crippen molar-refractivity contribution in [1.29, 1.82) is 0 Å². The molecule has 5 nitrogen and oxygen atoms in total. The van der Waals surface area contributed by atoms with Crippen molar-refractivity contribution in [3.63, 3.8) is 0 Å². The number of carbonyl (C=O) groups is 2. The van der Waals surface area contributed by atoms with Crippen molar-refractivity contribution in [2.24, 2.45) is 5.41 Å². The standard InChI is InChI=1S/C15H19ClN2O3/c1-9-6-11(16)12(7-10(9)2)17-14(21)18-5-4-15(3,8-18)13(19)20/h6-7H,4-5,8H2,1-3H3,(H,17,21)(H,19,20). The molecular formula is C15H19ClN2O3. The van der Waals surface area contributed by atoms with Crippen molar-refractivity contribution in [2.75, 3.05) is 18.4 Å². The molecule has 6 heteroatoms. The normalized spacial score (nSPS) is 21.4. The van der Waals surface area contributed by atoms with Crippen molar-refractivity contribution >= 4 is 29.3 Å². The first-order valence-corrected chi connectivity index (χ1v) is 7.17. The number of carbonyl (C=O) groups excluding carboxylic acids is 1. The Balaban J connectivity index is 2.10. The summed E-state index contributed by atoms with van der Waals surface area (Å²) in [5.41, 5.74) is 1.77. The second-order valence-corrected chi connectivity index (χ2v) is 6.29. The highest BCUT2D eigenvalue weighted by atomic mass is 35.5. The van der Waals surface area contributed by atoms with E-state index in [1.807, 2.05) is 19.9 Å². The van der Waals surface area contributed by atoms with Crippen molar-refractivity contribution in [2.45, 2.75) is 27.2 Å². The highest BCUT2D eigenvalue weighted by Gasteiger charge is 2.42. The van der Waals surface area contributed by atoms with E-state index in [2.05, 4.69) is 5.32 Å². The van der Waals surface area contributed by atoms with E-state index in [0.717, 1.165) is 11.1 Å². The zero-order valence-electron chi connectivity index (χ0n) is 12.4. The van der Waals surface area contributed by atoms with Crippen LogP contribution in [0.15, 0.2) is 12.1 Å². The van der Waals surface area contributed by atoms with E-state index >= 15 is 0 Å². The predicted molar refractivity (Wildman–Crippen MR) is 81.9 cm³/mol. The van der Waals surface area contributed by atoms with Crippen LogP contribution in [0.4, 0.5) is 10.5 Å². The minimum absolute atomic E-state index is 0.205. The number of carboxylic acid groups (broad SMARTS) is 1. The van der Waals surface area contributed by atoms with Crippen LogP contribution in [0, 0.1) is 19.3 Å². The van der Waals surface area contributed by atoms with Gasteiger partial charge in [-0.15, -0.1) is 0 Å². The van der Waals surface area contributed by atoms with Crippen molar-refractivity contribution in [3.8, 4) is 0 Å². The number of rotatable bonds is 2. The molecule has 1 aliphatic rings. The average molecular weight is 311 g/mol. The summed E-state index contributed by atoms with van der Waals surface area (Å²) in [5.74, 6) is -0.873. The number of hydrogen-bond donors (Lipinski definition) is 2. The molecule has 0 spiro atoms. The van der Waals surface area contributed by atoms with Crippen LogP contribution in [0.1, 0.15) is 24.5 Å². The molecule has 1 atom stereocenters. The molecule has 0 saturated carbocycles. The monoisotopic (exact) mass is 310 g/mol. The Kier molecular flexibility index (Phi) is 4.14. The van der Waals surface area contributed by atoms with Crippen molar-refractivity contribution < 1.29 is 14.7 Å². The SMILES string of the molecule is Cc1cc(Cl)c(NC(=O)N2CCC(C)(C(=O)O)C2)cc1C. The lowest BCUT2D eigenvalue weighted by atomic mass is 9.90. The van der Waals surface area contributed by atoms with Crippen LogP contribution in [-0.4, -0.2) is 35.1 Å². The number of carboxylic acids is 1. The smallest absolute Gasteiger partial charge is 0.321 e. The van der Waals surface area contributed by atoms with Gasteiger partial charge >= 0.3 is 12.0 Å². The Bertz CT molecular complexity index is 603. The molecule has 1 aromatic carbocycles. The molecule has 0 aromatic heterocycles. The van der Waals surface area contributed by atoms with Crippen LogP contribution in [0.25, 0.3) is 0 Å². The molecule has 0 aliphatic carbocycles. The van der Waals surface area contributed by atoms with Gasteiger partial charge in [0.25, 0.3) is 0 Å². The van der Waals surface area contributed by atoms with Gasteiger partial charge < -0.3 is 15.3 Å². The molecule has 1 saturated heterocycles. The van der Waals surface area contributed by atoms with E-state index in [4.69, 9.17) is 11.6 Å². The summed E-state index contributed by atoms with van der Waals surface area (Å²) in [6.45, 7) is 6.18. The fraction of sp³-hybridized carbons (Fsp3) is 0.467. The number of aryl methyl sites for hydroxylation is 2. The van der Waals surface area contributed by atoms with Crippen LogP contribution in [-0.2, 0) is 4.79 Å². The third-order valence-electron chi connectivity index (χ3n) is 4.10. The highest BCUT2D eigenvalue weighted by Crippen LogP contribution is 2.31. The number of anilines is 1. The summed E-state index contributed by atoms with van der Waals surface area (Å²) in [6.07, 6.45) is 0.455. The molecule has 1 aliphatic heterocycles. The quantitative estimate of drug-likeness (QED) is 0.880. The summed E-state index contributed by atoms with van der Waals surface area (Å²) in [5, 5.41) is 12.4. The maximum Gasteiger partial charge on any atom is 0.321 e. The summed E-state index contributed by atoms with van der Waals surface area (Å²) < 4.78 is 0. The average Bonchev–Trinajstić information content (AvgIpc) is 2.80. The van der Waals surface area contributed by atoms with Crippen molar-refractivity contribution in [3.05, 3.63) is 28.3 Å². The molecule has 1 fully saturated rings. The first-order chi connectivity index (χ1) is 9.73. The van der Waals surface area contributed by atoms with Crippen LogP contribution in [0.3, 0.4) is 0 Å². The first-order valence-electron chi connectivity index (χ1n) is 6.79. The number of urea groups is 1. The molecule has 1 aromatic rings. The van der Waals surface area contributed by atoms with E-state index in [1.165, 1.54) is 4.90 Å². The Hall–Kier alpha value is -1.75. The third-order valence-corrected chi connectivity index (χ3v) is 4.41. The van der Waals surface area contributed by atoms with Gasteiger partial charge in [0.05, 0.1) is 16.1 Å². The largest absolute Gasteiger partial charge is 0.481 e. The molecule has 21 heavy (non-hydrogen) atoms. The maximum absolute atomic E-state index is 12.2. The second kappa shape index (κ2) is 5.56. The molecule has 1 heterocycles. The van der Waals surface area contributed by atoms with Gasteiger partial charge in [-0.05, 0) is 50.5 Å². The van der Waals surface area contributed by atoms with E-state index in [9.17, 15) is 14.7 Å². The predicted octanol–water partition coefficient (Wildman–Crippen LogP) is 3.29. The molecule has 114 valence electrons. The first kappa shape index (κ1) is 15.6. The number of likely N-dealkylation sites (tertiary alicyclic amines) is 1. The van der Waals surface area contributed by atoms with Gasteiger partial charge in [-0.25, -0.2) is 4.79 Å². The molecule has 2 amide bonds. The van der Waals surface area contributed by atoms with Crippen LogP contribution < -0.4 is 5.32 Å². The molecule has 2 rings (SSSR count). The van der Waals surface area contributed by atoms with Crippen LogP contribution >= 0.6 is 11.6 Å². The topological polar surface area (TPSA) is 69.6 Å². The lowest BCUT2D eigenvalue weighted by Gasteiger charge is -2.21. The Labute approximate surface area is 128 Å². The van der Waals surface area contributed by atoms with E-state index in [1.54, 1.807) is 13.0 Å². The summed E-state index contributed by atoms with van der Waals surface area (Å²) >= 11 is 6.13. The summed E-state index contributed by atoms with van der Waals surface area (Å²) in [6, 6.07) is 3.31. The zero-order valence-corrected chi connectivity index (χ0v) is 13.1. The number of nitrogens with zero attached hydrogens (tertiary/aromatic N) is 1. The van der Waals surface area contributed by atoms with Gasteiger partial charge in [0.15, 0.2) is 0 Å². The molecule has 0 radical (unpaired) electrons.